The number of ether oxygens (including phenoxy) is 3. The van der Waals surface area contributed by atoms with Gasteiger partial charge in [-0.3, -0.25) is 14.4 Å². The molecule has 4 aromatic carbocycles. The van der Waals surface area contributed by atoms with Crippen LogP contribution >= 0.6 is 11.3 Å². The van der Waals surface area contributed by atoms with Gasteiger partial charge in [-0.1, -0.05) is 124 Å². The fourth-order valence-electron chi connectivity index (χ4n) is 8.03. The van der Waals surface area contributed by atoms with Gasteiger partial charge in [-0.2, -0.15) is 0 Å². The molecule has 1 saturated heterocycles. The Hall–Kier alpha value is -6.79. The fourth-order valence-corrected chi connectivity index (χ4v) is 8.84. The molecule has 0 saturated carbocycles. The monoisotopic (exact) mass is 953 g/mol. The summed E-state index contributed by atoms with van der Waals surface area (Å²) in [6, 6.07) is 34.9. The Bertz CT molecular complexity index is 2550. The molecular formula is C55H63N5O8S. The molecule has 4 amide bonds. The number of aromatic nitrogens is 1. The number of carbonyl (C=O) groups is 4. The van der Waals surface area contributed by atoms with Crippen LogP contribution < -0.4 is 15.4 Å². The van der Waals surface area contributed by atoms with Crippen molar-refractivity contribution in [1.82, 2.24) is 25.4 Å². The highest BCUT2D eigenvalue weighted by molar-refractivity contribution is 7.13. The average Bonchev–Trinajstić information content (AvgIpc) is 3.99. The van der Waals surface area contributed by atoms with Crippen molar-refractivity contribution in [3.8, 4) is 28.0 Å². The van der Waals surface area contributed by atoms with Gasteiger partial charge in [-0.15, -0.1) is 17.3 Å². The number of aryl methyl sites for hydroxylation is 1. The van der Waals surface area contributed by atoms with Crippen LogP contribution in [0.5, 0.6) is 5.75 Å². The lowest BCUT2D eigenvalue weighted by Crippen LogP contribution is -2.55. The van der Waals surface area contributed by atoms with Crippen LogP contribution in [0.1, 0.15) is 74.4 Å². The molecule has 1 aliphatic heterocycles. The van der Waals surface area contributed by atoms with E-state index in [1.54, 1.807) is 32.2 Å². The van der Waals surface area contributed by atoms with Crippen LogP contribution in [-0.2, 0) is 30.4 Å². The molecule has 0 radical (unpaired) electrons. The largest absolute Gasteiger partial charge is 0.492 e. The number of aliphatic hydroxyl groups excluding tert-OH is 1. The number of β-amino-alcohol motifs (C(OH)–C–C–N with tert-alkyl or cyclic N) is 1. The Morgan fingerprint density at radius 1 is 0.899 bits per heavy atom. The van der Waals surface area contributed by atoms with E-state index >= 15 is 0 Å². The first kappa shape index (κ1) is 51.6. The number of nitrogens with zero attached hydrogens (tertiary/aromatic N) is 3. The van der Waals surface area contributed by atoms with E-state index in [9.17, 15) is 24.3 Å². The first-order valence-corrected chi connectivity index (χ1v) is 24.3. The van der Waals surface area contributed by atoms with E-state index in [2.05, 4.69) is 95.0 Å². The first-order chi connectivity index (χ1) is 33.4. The third-order valence-electron chi connectivity index (χ3n) is 11.7. The van der Waals surface area contributed by atoms with E-state index in [1.165, 1.54) is 26.5 Å². The maximum Gasteiger partial charge on any atom is 0.409 e. The van der Waals surface area contributed by atoms with Crippen LogP contribution in [-0.4, -0.2) is 108 Å². The van der Waals surface area contributed by atoms with E-state index in [0.29, 0.717) is 31.7 Å². The number of thiazole rings is 1. The molecular weight excluding hydrogens is 891 g/mol. The highest BCUT2D eigenvalue weighted by Crippen LogP contribution is 2.35. The zero-order valence-corrected chi connectivity index (χ0v) is 40.9. The van der Waals surface area contributed by atoms with Crippen molar-refractivity contribution in [2.45, 2.75) is 78.1 Å². The van der Waals surface area contributed by atoms with Crippen LogP contribution in [0.2, 0.25) is 0 Å². The summed E-state index contributed by atoms with van der Waals surface area (Å²) in [7, 11) is 1.66. The second kappa shape index (κ2) is 26.1. The summed E-state index contributed by atoms with van der Waals surface area (Å²) in [6.45, 7) is 8.47. The second-order valence-corrected chi connectivity index (χ2v) is 18.0. The number of unbranched alkanes of at least 4 members (excludes halogenated alkanes) is 1. The van der Waals surface area contributed by atoms with Crippen molar-refractivity contribution in [2.75, 3.05) is 46.6 Å². The molecule has 0 aliphatic carbocycles. The predicted octanol–water partition coefficient (Wildman–Crippen LogP) is 8.15. The van der Waals surface area contributed by atoms with Crippen molar-refractivity contribution in [1.29, 1.82) is 0 Å². The number of hydrogen-bond acceptors (Lipinski definition) is 10. The number of allylic oxidation sites excluding steroid dienone is 1. The Balaban J connectivity index is 0.859. The maximum atomic E-state index is 13.7. The summed E-state index contributed by atoms with van der Waals surface area (Å²) in [5.74, 6) is 4.90. The van der Waals surface area contributed by atoms with Gasteiger partial charge in [0, 0.05) is 33.0 Å². The summed E-state index contributed by atoms with van der Waals surface area (Å²) in [4.78, 5) is 60.8. The molecule has 2 heterocycles. The van der Waals surface area contributed by atoms with Crippen LogP contribution in [0.3, 0.4) is 0 Å². The molecule has 5 aromatic rings. The van der Waals surface area contributed by atoms with Crippen molar-refractivity contribution in [2.24, 2.45) is 5.92 Å². The molecule has 0 spiro atoms. The maximum absolute atomic E-state index is 13.7. The van der Waals surface area contributed by atoms with Gasteiger partial charge in [0.1, 0.15) is 37.7 Å². The zero-order valence-electron chi connectivity index (χ0n) is 40.1. The Labute approximate surface area is 409 Å². The van der Waals surface area contributed by atoms with E-state index in [4.69, 9.17) is 14.2 Å². The number of aliphatic hydroxyl groups is 1. The molecule has 3 atom stereocenters. The van der Waals surface area contributed by atoms with E-state index in [-0.39, 0.29) is 51.2 Å². The summed E-state index contributed by atoms with van der Waals surface area (Å²) in [5, 5.41) is 16.1. The number of benzene rings is 4. The predicted molar refractivity (Wildman–Crippen MR) is 270 cm³/mol. The average molecular weight is 954 g/mol. The van der Waals surface area contributed by atoms with Gasteiger partial charge in [0.25, 0.3) is 0 Å². The molecule has 14 heteroatoms. The third kappa shape index (κ3) is 14.9. The smallest absolute Gasteiger partial charge is 0.409 e. The molecule has 69 heavy (non-hydrogen) atoms. The van der Waals surface area contributed by atoms with Gasteiger partial charge in [0.15, 0.2) is 0 Å². The van der Waals surface area contributed by atoms with E-state index in [1.807, 2.05) is 61.0 Å². The quantitative estimate of drug-likeness (QED) is 0.0375. The molecule has 3 N–H and O–H groups in total. The lowest BCUT2D eigenvalue weighted by atomic mass is 9.88. The standard InChI is InChI=1S/C55H63N5O8S/c1-6-47(41-17-11-9-12-18-41)50(42-19-13-10-14-20-42)43-25-27-46(28-26-43)67-32-29-59(5)55(65)68-31-16-8-7-15-30-66-36-49(62)58-51(38(2)3)54(64)60-35-45(61)33-48(60)53(63)56-34-40-21-23-44(24-22-40)52-39(4)57-37-69-52/h9-14,17-28,37-38,45,48,51,61H,6,8,16,29-36H2,1-5H3,(H,56,63)(H,58,62)/b50-47-/t45-,48+,51+/m1/s1. The summed E-state index contributed by atoms with van der Waals surface area (Å²) < 4.78 is 16.9. The molecule has 0 bridgehead atoms. The van der Waals surface area contributed by atoms with Crippen molar-refractivity contribution in [3.63, 3.8) is 0 Å². The molecule has 0 unspecified atom stereocenters. The Morgan fingerprint density at radius 3 is 2.23 bits per heavy atom. The van der Waals surface area contributed by atoms with Crippen LogP contribution in [0, 0.1) is 24.7 Å². The molecule has 6 rings (SSSR count). The molecule has 1 aliphatic rings. The summed E-state index contributed by atoms with van der Waals surface area (Å²) in [6.07, 6.45) is 0.614. The number of rotatable bonds is 21. The topological polar surface area (TPSA) is 160 Å². The minimum Gasteiger partial charge on any atom is -0.492 e. The number of likely N-dealkylation sites (N-methyl/N-ethyl adjacent to an activating group) is 1. The number of nitrogens with one attached hydrogen (secondary N) is 2. The zero-order chi connectivity index (χ0) is 49.1. The summed E-state index contributed by atoms with van der Waals surface area (Å²) in [5.41, 5.74) is 10.6. The van der Waals surface area contributed by atoms with E-state index < -0.39 is 36.1 Å². The van der Waals surface area contributed by atoms with Gasteiger partial charge in [-0.25, -0.2) is 9.78 Å². The van der Waals surface area contributed by atoms with Gasteiger partial charge >= 0.3 is 6.09 Å². The Kier molecular flexibility index (Phi) is 19.5. The van der Waals surface area contributed by atoms with Crippen molar-refractivity contribution < 1.29 is 38.5 Å². The molecule has 1 aromatic heterocycles. The normalized spacial score (nSPS) is 15.1. The van der Waals surface area contributed by atoms with Crippen LogP contribution in [0.15, 0.2) is 115 Å². The fraction of sp³-hybridized carbons (Fsp3) is 0.364. The van der Waals surface area contributed by atoms with Crippen molar-refractivity contribution >= 4 is 46.3 Å². The van der Waals surface area contributed by atoms with Crippen LogP contribution in [0.25, 0.3) is 21.6 Å². The Morgan fingerprint density at radius 2 is 1.58 bits per heavy atom. The molecule has 1 fully saturated rings. The first-order valence-electron chi connectivity index (χ1n) is 23.5. The van der Waals surface area contributed by atoms with Crippen LogP contribution in [0.4, 0.5) is 4.79 Å². The van der Waals surface area contributed by atoms with Crippen molar-refractivity contribution in [3.05, 3.63) is 143 Å². The SMILES string of the molecule is CC/C(=C(\c1ccccc1)c1ccc(OCCN(C)C(=O)OCCCC#CCOCC(=O)N[C@H](C(=O)N2C[C@H](O)C[C@H]2C(=O)NCc2ccc(-c3scnc3C)cc2)C(C)C)cc1)c1ccccc1. The summed E-state index contributed by atoms with van der Waals surface area (Å²) >= 11 is 1.57. The number of amides is 4. The molecule has 362 valence electrons. The third-order valence-corrected chi connectivity index (χ3v) is 12.7. The van der Waals surface area contributed by atoms with Gasteiger partial charge in [-0.05, 0) is 76.8 Å². The lowest BCUT2D eigenvalue weighted by Gasteiger charge is -2.30. The van der Waals surface area contributed by atoms with Gasteiger partial charge < -0.3 is 39.8 Å². The number of carbonyl (C=O) groups excluding carboxylic acids is 4. The second-order valence-electron chi connectivity index (χ2n) is 17.2. The minimum absolute atomic E-state index is 0.00844. The number of hydrogen-bond donors (Lipinski definition) is 3. The highest BCUT2D eigenvalue weighted by Gasteiger charge is 2.42. The van der Waals surface area contributed by atoms with E-state index in [0.717, 1.165) is 39.2 Å². The highest BCUT2D eigenvalue weighted by atomic mass is 32.1. The minimum atomic E-state index is -0.931. The van der Waals surface area contributed by atoms with Gasteiger partial charge in [0.05, 0.1) is 35.3 Å². The van der Waals surface area contributed by atoms with Gasteiger partial charge in [0.2, 0.25) is 17.7 Å². The number of likely N-dealkylation sites (tertiary alicyclic amines) is 1. The lowest BCUT2D eigenvalue weighted by molar-refractivity contribution is -0.143. The molecule has 13 nitrogen and oxygen atoms in total.